The number of amides is 3. The Morgan fingerprint density at radius 2 is 1.86 bits per heavy atom. The molecular weight excluding hydrogens is 442 g/mol. The Morgan fingerprint density at radius 3 is 2.66 bits per heavy atom. The molecule has 3 amide bonds. The number of carbonyl (C=O) groups excluding carboxylic acids is 3. The molecule has 1 fully saturated rings. The molecule has 2 N–H and O–H groups in total. The minimum Gasteiger partial charge on any atom is -0.454 e. The summed E-state index contributed by atoms with van der Waals surface area (Å²) in [6.45, 7) is 1.81. The first kappa shape index (κ1) is 19.3. The summed E-state index contributed by atoms with van der Waals surface area (Å²) in [4.78, 5) is 38.3. The Morgan fingerprint density at radius 1 is 1.07 bits per heavy atom. The van der Waals surface area contributed by atoms with Crippen molar-refractivity contribution < 1.29 is 23.9 Å². The largest absolute Gasteiger partial charge is 0.454 e. The summed E-state index contributed by atoms with van der Waals surface area (Å²) in [5.41, 5.74) is 1.62. The number of anilines is 3. The first-order valence-electron chi connectivity index (χ1n) is 8.99. The molecule has 1 saturated heterocycles. The maximum absolute atomic E-state index is 12.8. The van der Waals surface area contributed by atoms with Crippen LogP contribution in [0.1, 0.15) is 13.3 Å². The second-order valence-corrected chi connectivity index (χ2v) is 7.72. The number of nitrogens with zero attached hydrogens (tertiary/aromatic N) is 1. The fraction of sp³-hybridized carbons (Fsp3) is 0.250. The molecule has 8 nitrogen and oxygen atoms in total. The fourth-order valence-electron chi connectivity index (χ4n) is 3.34. The molecule has 2 aromatic carbocycles. The van der Waals surface area contributed by atoms with Crippen molar-refractivity contribution >= 4 is 50.7 Å². The van der Waals surface area contributed by atoms with Crippen molar-refractivity contribution in [1.82, 2.24) is 0 Å². The minimum atomic E-state index is -0.517. The summed E-state index contributed by atoms with van der Waals surface area (Å²) in [6, 6.07) is 10.4. The lowest BCUT2D eigenvalue weighted by atomic mass is 10.1. The van der Waals surface area contributed by atoms with E-state index in [-0.39, 0.29) is 37.5 Å². The zero-order valence-corrected chi connectivity index (χ0v) is 17.1. The molecule has 1 unspecified atom stereocenters. The smallest absolute Gasteiger partial charge is 0.231 e. The van der Waals surface area contributed by atoms with Crippen molar-refractivity contribution in [3.05, 3.63) is 40.9 Å². The molecule has 0 spiro atoms. The zero-order valence-electron chi connectivity index (χ0n) is 15.5. The van der Waals surface area contributed by atoms with E-state index in [1.807, 2.05) is 0 Å². The molecule has 0 bridgehead atoms. The number of carbonyl (C=O) groups is 3. The van der Waals surface area contributed by atoms with Crippen molar-refractivity contribution in [2.45, 2.75) is 13.3 Å². The molecule has 2 aliphatic heterocycles. The standard InChI is InChI=1S/C20H18BrN3O5/c1-11(25)22-15-4-2-13(21)7-16(15)23-20(27)12-6-19(26)24(9-12)14-3-5-17-18(8-14)29-10-28-17/h2-5,7-8,12H,6,9-10H2,1H3,(H,22,25)(H,23,27). The number of hydrogen-bond donors (Lipinski definition) is 2. The van der Waals surface area contributed by atoms with Crippen LogP contribution in [-0.2, 0) is 14.4 Å². The molecule has 0 saturated carbocycles. The Kier molecular flexibility index (Phi) is 5.14. The second kappa shape index (κ2) is 7.75. The Bertz CT molecular complexity index is 1010. The average Bonchev–Trinajstić information content (AvgIpc) is 3.29. The molecule has 0 aliphatic carbocycles. The van der Waals surface area contributed by atoms with Crippen LogP contribution in [0.15, 0.2) is 40.9 Å². The van der Waals surface area contributed by atoms with Crippen molar-refractivity contribution in [2.75, 3.05) is 28.9 Å². The monoisotopic (exact) mass is 459 g/mol. The predicted octanol–water partition coefficient (Wildman–Crippen LogP) is 3.13. The van der Waals surface area contributed by atoms with E-state index in [9.17, 15) is 14.4 Å². The van der Waals surface area contributed by atoms with Crippen LogP contribution in [0.5, 0.6) is 11.5 Å². The van der Waals surface area contributed by atoms with Crippen LogP contribution in [0.2, 0.25) is 0 Å². The topological polar surface area (TPSA) is 97.0 Å². The molecule has 2 heterocycles. The van der Waals surface area contributed by atoms with Gasteiger partial charge in [0.25, 0.3) is 0 Å². The Hall–Kier alpha value is -3.07. The summed E-state index contributed by atoms with van der Waals surface area (Å²) in [6.07, 6.45) is 0.101. The molecular formula is C20H18BrN3O5. The van der Waals surface area contributed by atoms with Gasteiger partial charge in [0.05, 0.1) is 17.3 Å². The number of halogens is 1. The highest BCUT2D eigenvalue weighted by Crippen LogP contribution is 2.37. The third kappa shape index (κ3) is 4.04. The summed E-state index contributed by atoms with van der Waals surface area (Å²) < 4.78 is 11.4. The van der Waals surface area contributed by atoms with Gasteiger partial charge in [0, 0.05) is 36.1 Å². The van der Waals surface area contributed by atoms with Crippen LogP contribution < -0.4 is 25.0 Å². The molecule has 0 aromatic heterocycles. The van der Waals surface area contributed by atoms with Gasteiger partial charge in [0.15, 0.2) is 11.5 Å². The van der Waals surface area contributed by atoms with E-state index in [4.69, 9.17) is 9.47 Å². The van der Waals surface area contributed by atoms with Gasteiger partial charge < -0.3 is 25.0 Å². The lowest BCUT2D eigenvalue weighted by Gasteiger charge is -2.18. The molecule has 1 atom stereocenters. The van der Waals surface area contributed by atoms with E-state index >= 15 is 0 Å². The van der Waals surface area contributed by atoms with Crippen molar-refractivity contribution in [2.24, 2.45) is 5.92 Å². The third-order valence-corrected chi connectivity index (χ3v) is 5.21. The first-order chi connectivity index (χ1) is 13.9. The fourth-order valence-corrected chi connectivity index (χ4v) is 3.70. The third-order valence-electron chi connectivity index (χ3n) is 4.71. The zero-order chi connectivity index (χ0) is 20.5. The van der Waals surface area contributed by atoms with E-state index < -0.39 is 5.92 Å². The summed E-state index contributed by atoms with van der Waals surface area (Å²) in [5, 5.41) is 5.51. The summed E-state index contributed by atoms with van der Waals surface area (Å²) in [7, 11) is 0. The number of nitrogens with one attached hydrogen (secondary N) is 2. The van der Waals surface area contributed by atoms with Crippen LogP contribution in [-0.4, -0.2) is 31.1 Å². The van der Waals surface area contributed by atoms with Gasteiger partial charge in [0.1, 0.15) is 0 Å². The van der Waals surface area contributed by atoms with Crippen molar-refractivity contribution in [1.29, 1.82) is 0 Å². The highest BCUT2D eigenvalue weighted by Gasteiger charge is 2.36. The maximum Gasteiger partial charge on any atom is 0.231 e. The van der Waals surface area contributed by atoms with Crippen molar-refractivity contribution in [3.8, 4) is 11.5 Å². The first-order valence-corrected chi connectivity index (χ1v) is 9.78. The number of ether oxygens (including phenoxy) is 2. The Balaban J connectivity index is 1.49. The van der Waals surface area contributed by atoms with Gasteiger partial charge in [-0.15, -0.1) is 0 Å². The molecule has 9 heteroatoms. The molecule has 2 aromatic rings. The highest BCUT2D eigenvalue weighted by atomic mass is 79.9. The maximum atomic E-state index is 12.8. The SMILES string of the molecule is CC(=O)Nc1ccc(Br)cc1NC(=O)C1CC(=O)N(c2ccc3c(c2)OCO3)C1. The van der Waals surface area contributed by atoms with E-state index in [0.29, 0.717) is 28.6 Å². The number of rotatable bonds is 4. The van der Waals surface area contributed by atoms with Gasteiger partial charge in [0.2, 0.25) is 24.5 Å². The van der Waals surface area contributed by atoms with Crippen LogP contribution in [0.3, 0.4) is 0 Å². The highest BCUT2D eigenvalue weighted by molar-refractivity contribution is 9.10. The second-order valence-electron chi connectivity index (χ2n) is 6.80. The summed E-state index contributed by atoms with van der Waals surface area (Å²) >= 11 is 3.36. The lowest BCUT2D eigenvalue weighted by Crippen LogP contribution is -2.28. The predicted molar refractivity (Wildman–Crippen MR) is 110 cm³/mol. The van der Waals surface area contributed by atoms with E-state index in [0.717, 1.165) is 4.47 Å². The van der Waals surface area contributed by atoms with Crippen LogP contribution in [0.4, 0.5) is 17.1 Å². The van der Waals surface area contributed by atoms with E-state index in [1.165, 1.54) is 6.92 Å². The minimum absolute atomic E-state index is 0.101. The Labute approximate surface area is 175 Å². The average molecular weight is 460 g/mol. The number of hydrogen-bond acceptors (Lipinski definition) is 5. The van der Waals surface area contributed by atoms with Crippen LogP contribution in [0, 0.1) is 5.92 Å². The van der Waals surface area contributed by atoms with Gasteiger partial charge in [-0.25, -0.2) is 0 Å². The van der Waals surface area contributed by atoms with Crippen LogP contribution in [0.25, 0.3) is 0 Å². The van der Waals surface area contributed by atoms with Gasteiger partial charge in [-0.05, 0) is 30.3 Å². The number of fused-ring (bicyclic) bond motifs is 1. The van der Waals surface area contributed by atoms with E-state index in [2.05, 4.69) is 26.6 Å². The van der Waals surface area contributed by atoms with Gasteiger partial charge in [-0.3, -0.25) is 14.4 Å². The lowest BCUT2D eigenvalue weighted by molar-refractivity contribution is -0.122. The van der Waals surface area contributed by atoms with Crippen molar-refractivity contribution in [3.63, 3.8) is 0 Å². The summed E-state index contributed by atoms with van der Waals surface area (Å²) in [5.74, 6) is 0.0312. The quantitative estimate of drug-likeness (QED) is 0.731. The van der Waals surface area contributed by atoms with Gasteiger partial charge >= 0.3 is 0 Å². The normalized spacial score (nSPS) is 17.4. The number of benzene rings is 2. The molecule has 150 valence electrons. The molecule has 4 rings (SSSR count). The van der Waals surface area contributed by atoms with Gasteiger partial charge in [-0.1, -0.05) is 15.9 Å². The molecule has 0 radical (unpaired) electrons. The van der Waals surface area contributed by atoms with Gasteiger partial charge in [-0.2, -0.15) is 0 Å². The molecule has 29 heavy (non-hydrogen) atoms. The van der Waals surface area contributed by atoms with E-state index in [1.54, 1.807) is 41.3 Å². The van der Waals surface area contributed by atoms with Crippen LogP contribution >= 0.6 is 15.9 Å². The molecule has 2 aliphatic rings.